The number of nitrogens with one attached hydrogen (secondary N) is 1. The number of benzene rings is 1. The van der Waals surface area contributed by atoms with Gasteiger partial charge in [0.05, 0.1) is 12.7 Å². The van der Waals surface area contributed by atoms with E-state index in [-0.39, 0.29) is 12.5 Å². The van der Waals surface area contributed by atoms with Gasteiger partial charge in [-0.3, -0.25) is 4.79 Å². The first-order valence-corrected chi connectivity index (χ1v) is 7.75. The summed E-state index contributed by atoms with van der Waals surface area (Å²) in [7, 11) is 1.89. The Balaban J connectivity index is 1.62. The summed E-state index contributed by atoms with van der Waals surface area (Å²) >= 11 is 0. The van der Waals surface area contributed by atoms with Crippen LogP contribution in [0.2, 0.25) is 0 Å². The van der Waals surface area contributed by atoms with Crippen LogP contribution in [0.1, 0.15) is 11.5 Å². The molecule has 0 atom stereocenters. The number of carbonyl (C=O) groups excluding carboxylic acids is 1. The van der Waals surface area contributed by atoms with E-state index in [0.717, 1.165) is 17.2 Å². The first kappa shape index (κ1) is 15.9. The fraction of sp³-hybridized carbons (Fsp3) is 0.222. The van der Waals surface area contributed by atoms with Gasteiger partial charge in [0, 0.05) is 18.8 Å². The van der Waals surface area contributed by atoms with Gasteiger partial charge in [-0.05, 0) is 31.2 Å². The highest BCUT2D eigenvalue weighted by molar-refractivity contribution is 5.93. The van der Waals surface area contributed by atoms with Gasteiger partial charge in [0.2, 0.25) is 5.91 Å². The molecule has 1 aromatic carbocycles. The quantitative estimate of drug-likeness (QED) is 0.757. The summed E-state index contributed by atoms with van der Waals surface area (Å²) in [6, 6.07) is 15.4. The second-order valence-corrected chi connectivity index (χ2v) is 5.63. The summed E-state index contributed by atoms with van der Waals surface area (Å²) in [6.07, 6.45) is 1.66. The number of anilines is 2. The van der Waals surface area contributed by atoms with Crippen LogP contribution in [-0.2, 0) is 11.3 Å². The average Bonchev–Trinajstić information content (AvgIpc) is 3.18. The highest BCUT2D eigenvalue weighted by atomic mass is 16.3. The lowest BCUT2D eigenvalue weighted by atomic mass is 10.3. The molecule has 2 heterocycles. The molecule has 3 aromatic rings. The molecular weight excluding hydrogens is 304 g/mol. The maximum Gasteiger partial charge on any atom is 0.245 e. The third-order valence-electron chi connectivity index (χ3n) is 3.66. The van der Waals surface area contributed by atoms with E-state index in [4.69, 9.17) is 4.42 Å². The average molecular weight is 324 g/mol. The monoisotopic (exact) mass is 324 g/mol. The van der Waals surface area contributed by atoms with E-state index < -0.39 is 0 Å². The lowest BCUT2D eigenvalue weighted by Crippen LogP contribution is -2.30. The Hall–Kier alpha value is -3.02. The molecule has 6 nitrogen and oxygen atoms in total. The molecule has 1 amide bonds. The van der Waals surface area contributed by atoms with Gasteiger partial charge in [-0.2, -0.15) is 5.10 Å². The molecule has 0 unspecified atom stereocenters. The van der Waals surface area contributed by atoms with Crippen molar-refractivity contribution in [3.8, 4) is 0 Å². The number of rotatable bonds is 6. The molecule has 2 aromatic heterocycles. The Labute approximate surface area is 140 Å². The maximum atomic E-state index is 12.3. The van der Waals surface area contributed by atoms with Gasteiger partial charge in [0.15, 0.2) is 0 Å². The zero-order valence-electron chi connectivity index (χ0n) is 13.8. The number of aromatic nitrogens is 2. The predicted molar refractivity (Wildman–Crippen MR) is 93.1 cm³/mol. The molecule has 0 aliphatic carbocycles. The van der Waals surface area contributed by atoms with E-state index in [1.165, 1.54) is 0 Å². The van der Waals surface area contributed by atoms with Crippen molar-refractivity contribution < 1.29 is 9.21 Å². The van der Waals surface area contributed by atoms with Crippen LogP contribution < -0.4 is 10.2 Å². The van der Waals surface area contributed by atoms with E-state index >= 15 is 0 Å². The summed E-state index contributed by atoms with van der Waals surface area (Å²) in [6.45, 7) is 2.63. The number of hydrogen-bond donors (Lipinski definition) is 1. The number of carbonyl (C=O) groups is 1. The smallest absolute Gasteiger partial charge is 0.245 e. The van der Waals surface area contributed by atoms with Crippen LogP contribution in [0.15, 0.2) is 59.1 Å². The normalized spacial score (nSPS) is 10.6. The molecule has 0 radical (unpaired) electrons. The first-order valence-electron chi connectivity index (χ1n) is 7.75. The SMILES string of the molecule is Cc1ccc(Cn2nccc2NC(=O)CN(C)c2ccccc2)o1. The van der Waals surface area contributed by atoms with Gasteiger partial charge >= 0.3 is 0 Å². The minimum atomic E-state index is -0.0984. The van der Waals surface area contributed by atoms with Gasteiger partial charge in [-0.15, -0.1) is 0 Å². The standard InChI is InChI=1S/C18H20N4O2/c1-14-8-9-16(24-14)12-22-17(10-11-19-22)20-18(23)13-21(2)15-6-4-3-5-7-15/h3-11H,12-13H2,1-2H3,(H,20,23). The van der Waals surface area contributed by atoms with Crippen molar-refractivity contribution in [2.75, 3.05) is 23.8 Å². The van der Waals surface area contributed by atoms with E-state index in [2.05, 4.69) is 10.4 Å². The number of likely N-dealkylation sites (N-methyl/N-ethyl adjacent to an activating group) is 1. The van der Waals surface area contributed by atoms with Crippen molar-refractivity contribution in [2.24, 2.45) is 0 Å². The fourth-order valence-electron chi connectivity index (χ4n) is 2.45. The number of para-hydroxylation sites is 1. The number of nitrogens with zero attached hydrogens (tertiary/aromatic N) is 3. The molecule has 6 heteroatoms. The van der Waals surface area contributed by atoms with Crippen LogP contribution in [-0.4, -0.2) is 29.3 Å². The molecule has 0 aliphatic heterocycles. The van der Waals surface area contributed by atoms with Crippen molar-refractivity contribution in [1.82, 2.24) is 9.78 Å². The van der Waals surface area contributed by atoms with Crippen molar-refractivity contribution in [2.45, 2.75) is 13.5 Å². The second-order valence-electron chi connectivity index (χ2n) is 5.63. The van der Waals surface area contributed by atoms with Gasteiger partial charge in [-0.25, -0.2) is 4.68 Å². The van der Waals surface area contributed by atoms with Crippen LogP contribution in [0.25, 0.3) is 0 Å². The Kier molecular flexibility index (Phi) is 4.65. The Bertz CT molecular complexity index is 807. The number of furan rings is 1. The zero-order valence-corrected chi connectivity index (χ0v) is 13.8. The van der Waals surface area contributed by atoms with E-state index in [9.17, 15) is 4.79 Å². The minimum Gasteiger partial charge on any atom is -0.464 e. The summed E-state index contributed by atoms with van der Waals surface area (Å²) in [4.78, 5) is 14.2. The van der Waals surface area contributed by atoms with E-state index in [1.54, 1.807) is 16.9 Å². The summed E-state index contributed by atoms with van der Waals surface area (Å²) in [5.41, 5.74) is 0.993. The number of hydrogen-bond acceptors (Lipinski definition) is 4. The molecule has 0 saturated heterocycles. The third kappa shape index (κ3) is 3.84. The van der Waals surface area contributed by atoms with Gasteiger partial charge in [0.25, 0.3) is 0 Å². The molecule has 3 rings (SSSR count). The number of aryl methyl sites for hydroxylation is 1. The van der Waals surface area contributed by atoms with E-state index in [1.807, 2.05) is 61.3 Å². The van der Waals surface area contributed by atoms with Crippen molar-refractivity contribution in [3.05, 3.63) is 66.2 Å². The Morgan fingerprint density at radius 3 is 2.71 bits per heavy atom. The van der Waals surface area contributed by atoms with Crippen molar-refractivity contribution in [3.63, 3.8) is 0 Å². The van der Waals surface area contributed by atoms with Crippen LogP contribution in [0.3, 0.4) is 0 Å². The highest BCUT2D eigenvalue weighted by Crippen LogP contribution is 2.14. The highest BCUT2D eigenvalue weighted by Gasteiger charge is 2.11. The molecule has 0 saturated carbocycles. The van der Waals surface area contributed by atoms with Crippen LogP contribution in [0.5, 0.6) is 0 Å². The van der Waals surface area contributed by atoms with Gasteiger partial charge in [0.1, 0.15) is 23.9 Å². The molecule has 0 spiro atoms. The number of amides is 1. The van der Waals surface area contributed by atoms with Gasteiger partial charge < -0.3 is 14.6 Å². The molecule has 0 fully saturated rings. The van der Waals surface area contributed by atoms with Gasteiger partial charge in [-0.1, -0.05) is 18.2 Å². The third-order valence-corrected chi connectivity index (χ3v) is 3.66. The lowest BCUT2D eigenvalue weighted by molar-refractivity contribution is -0.115. The summed E-state index contributed by atoms with van der Waals surface area (Å²) < 4.78 is 7.26. The minimum absolute atomic E-state index is 0.0984. The second kappa shape index (κ2) is 7.04. The van der Waals surface area contributed by atoms with E-state index in [0.29, 0.717) is 12.4 Å². The van der Waals surface area contributed by atoms with Crippen molar-refractivity contribution in [1.29, 1.82) is 0 Å². The fourth-order valence-corrected chi connectivity index (χ4v) is 2.45. The first-order chi connectivity index (χ1) is 11.6. The summed E-state index contributed by atoms with van der Waals surface area (Å²) in [5, 5.41) is 7.14. The zero-order chi connectivity index (χ0) is 16.9. The van der Waals surface area contributed by atoms with Crippen LogP contribution in [0, 0.1) is 6.92 Å². The molecule has 0 aliphatic rings. The Morgan fingerprint density at radius 1 is 1.21 bits per heavy atom. The molecule has 24 heavy (non-hydrogen) atoms. The Morgan fingerprint density at radius 2 is 2.00 bits per heavy atom. The van der Waals surface area contributed by atoms with Crippen molar-refractivity contribution >= 4 is 17.4 Å². The topological polar surface area (TPSA) is 63.3 Å². The predicted octanol–water partition coefficient (Wildman–Crippen LogP) is 2.91. The lowest BCUT2D eigenvalue weighted by Gasteiger charge is -2.18. The molecule has 0 bridgehead atoms. The molecular formula is C18H20N4O2. The van der Waals surface area contributed by atoms with Crippen LogP contribution in [0.4, 0.5) is 11.5 Å². The molecule has 124 valence electrons. The maximum absolute atomic E-state index is 12.3. The molecule has 1 N–H and O–H groups in total. The largest absolute Gasteiger partial charge is 0.464 e. The summed E-state index contributed by atoms with van der Waals surface area (Å²) in [5.74, 6) is 2.20. The van der Waals surface area contributed by atoms with Crippen LogP contribution >= 0.6 is 0 Å².